The Balaban J connectivity index is 1.01. The molecule has 2 unspecified atom stereocenters. The number of benzene rings is 7. The fourth-order valence-corrected chi connectivity index (χ4v) is 8.09. The third-order valence-electron chi connectivity index (χ3n) is 11.4. The first-order valence-corrected chi connectivity index (χ1v) is 21.5. The van der Waals surface area contributed by atoms with E-state index in [1.54, 1.807) is 0 Å². The van der Waals surface area contributed by atoms with Crippen molar-refractivity contribution in [2.45, 2.75) is 56.6 Å². The van der Waals surface area contributed by atoms with E-state index in [0.29, 0.717) is 31.6 Å². The Morgan fingerprint density at radius 1 is 0.547 bits per heavy atom. The van der Waals surface area contributed by atoms with Crippen LogP contribution < -0.4 is 11.1 Å². The maximum absolute atomic E-state index is 13.5. The summed E-state index contributed by atoms with van der Waals surface area (Å²) < 4.78 is 13.2. The number of carbonyl (C=O) groups excluding carboxylic acids is 2. The number of nitrogens with zero attached hydrogens (tertiary/aromatic N) is 4. The summed E-state index contributed by atoms with van der Waals surface area (Å²) in [6, 6.07) is 65.1. The van der Waals surface area contributed by atoms with Gasteiger partial charge in [-0.15, -0.1) is 5.10 Å². The predicted octanol–water partition coefficient (Wildman–Crippen LogP) is 9.29. The summed E-state index contributed by atoms with van der Waals surface area (Å²) in [5, 5.41) is 17.2. The van der Waals surface area contributed by atoms with Gasteiger partial charge in [0.1, 0.15) is 30.8 Å². The number of aromatic nitrogens is 4. The highest BCUT2D eigenvalue weighted by molar-refractivity contribution is 5.81. The zero-order valence-corrected chi connectivity index (χ0v) is 35.4. The molecule has 0 aliphatic carbocycles. The molecule has 10 heteroatoms. The minimum Gasteiger partial charge on any atom is -0.460 e. The van der Waals surface area contributed by atoms with Crippen LogP contribution >= 0.6 is 0 Å². The van der Waals surface area contributed by atoms with Gasteiger partial charge in [-0.25, -0.2) is 4.68 Å². The fourth-order valence-electron chi connectivity index (χ4n) is 8.09. The van der Waals surface area contributed by atoms with Gasteiger partial charge in [0.15, 0.2) is 5.82 Å². The van der Waals surface area contributed by atoms with Gasteiger partial charge >= 0.3 is 11.9 Å². The zero-order chi connectivity index (χ0) is 44.0. The number of nitrogens with one attached hydrogen (secondary N) is 1. The molecule has 0 amide bonds. The molecule has 64 heavy (non-hydrogen) atoms. The smallest absolute Gasteiger partial charge is 0.323 e. The molecule has 10 nitrogen and oxygen atoms in total. The Hall–Kier alpha value is -7.53. The van der Waals surface area contributed by atoms with Crippen molar-refractivity contribution in [2.24, 2.45) is 5.73 Å². The lowest BCUT2D eigenvalue weighted by atomic mass is 9.77. The van der Waals surface area contributed by atoms with Crippen LogP contribution in [0.15, 0.2) is 200 Å². The van der Waals surface area contributed by atoms with Crippen LogP contribution in [0.4, 0.5) is 0 Å². The summed E-state index contributed by atoms with van der Waals surface area (Å²) in [5.41, 5.74) is 13.9. The average Bonchev–Trinajstić information content (AvgIpc) is 3.85. The largest absolute Gasteiger partial charge is 0.460 e. The van der Waals surface area contributed by atoms with Gasteiger partial charge in [0.2, 0.25) is 0 Å². The van der Waals surface area contributed by atoms with Crippen molar-refractivity contribution >= 4 is 11.9 Å². The Morgan fingerprint density at radius 3 is 1.55 bits per heavy atom. The molecule has 0 saturated heterocycles. The van der Waals surface area contributed by atoms with E-state index in [1.165, 1.54) is 0 Å². The summed E-state index contributed by atoms with van der Waals surface area (Å²) in [4.78, 5) is 26.2. The van der Waals surface area contributed by atoms with Gasteiger partial charge in [-0.1, -0.05) is 200 Å². The molecular formula is C54H50N6O4. The van der Waals surface area contributed by atoms with Crippen molar-refractivity contribution in [1.82, 2.24) is 25.5 Å². The van der Waals surface area contributed by atoms with E-state index in [9.17, 15) is 9.59 Å². The van der Waals surface area contributed by atoms with Crippen molar-refractivity contribution in [2.75, 3.05) is 0 Å². The van der Waals surface area contributed by atoms with E-state index >= 15 is 0 Å². The first-order chi connectivity index (χ1) is 31.5. The average molecular weight is 847 g/mol. The number of hydrogen-bond acceptors (Lipinski definition) is 9. The van der Waals surface area contributed by atoms with E-state index in [2.05, 4.69) is 83.3 Å². The lowest BCUT2D eigenvalue weighted by Crippen LogP contribution is -2.39. The Labute approximate surface area is 373 Å². The lowest BCUT2D eigenvalue weighted by Gasteiger charge is -2.36. The van der Waals surface area contributed by atoms with Gasteiger partial charge in [-0.05, 0) is 74.2 Å². The Bertz CT molecular complexity index is 2600. The molecule has 1 heterocycles. The molecule has 0 spiro atoms. The molecule has 7 aromatic carbocycles. The fraction of sp³-hybridized carbons (Fsp3) is 0.167. The minimum atomic E-state index is -0.902. The Kier molecular flexibility index (Phi) is 14.2. The van der Waals surface area contributed by atoms with Crippen molar-refractivity contribution in [3.8, 4) is 22.5 Å². The van der Waals surface area contributed by atoms with Gasteiger partial charge in [-0.3, -0.25) is 9.59 Å². The highest BCUT2D eigenvalue weighted by Gasteiger charge is 2.42. The third kappa shape index (κ3) is 10.1. The maximum Gasteiger partial charge on any atom is 0.323 e. The van der Waals surface area contributed by atoms with Crippen molar-refractivity contribution in [3.63, 3.8) is 0 Å². The number of tetrazole rings is 1. The zero-order valence-electron chi connectivity index (χ0n) is 35.4. The maximum atomic E-state index is 13.5. The highest BCUT2D eigenvalue weighted by Crippen LogP contribution is 2.43. The molecule has 8 aromatic rings. The predicted molar refractivity (Wildman–Crippen MR) is 248 cm³/mol. The standard InChI is InChI=1S/C54H50N6O4/c55-49(52(61)63-38-41-19-6-1-7-20-41)31-18-32-50(53(62)64-39-42-21-8-2-9-22-42)56-37-40-33-35-43(36-34-40)47-29-16-17-30-48(47)51-57-58-59-60(51)54(44-23-10-3-11-24-44,45-25-12-4-13-26-45)46-27-14-5-15-28-46/h1-17,19-30,33-36,49-50,56H,18,31-32,37-39,55H2. The van der Waals surface area contributed by atoms with Crippen LogP contribution in [0.25, 0.3) is 22.5 Å². The van der Waals surface area contributed by atoms with E-state index in [4.69, 9.17) is 25.5 Å². The molecule has 0 bridgehead atoms. The van der Waals surface area contributed by atoms with Crippen molar-refractivity contribution < 1.29 is 19.1 Å². The number of rotatable bonds is 19. The van der Waals surface area contributed by atoms with Crippen LogP contribution in [0, 0.1) is 0 Å². The van der Waals surface area contributed by atoms with Crippen LogP contribution in [0.2, 0.25) is 0 Å². The van der Waals surface area contributed by atoms with E-state index in [0.717, 1.165) is 50.1 Å². The highest BCUT2D eigenvalue weighted by atomic mass is 16.5. The normalized spacial score (nSPS) is 12.3. The van der Waals surface area contributed by atoms with Gasteiger partial charge in [0.25, 0.3) is 0 Å². The first kappa shape index (κ1) is 43.1. The van der Waals surface area contributed by atoms with Crippen molar-refractivity contribution in [1.29, 1.82) is 0 Å². The van der Waals surface area contributed by atoms with Crippen molar-refractivity contribution in [3.05, 3.63) is 234 Å². The number of carbonyl (C=O) groups is 2. The molecule has 0 radical (unpaired) electrons. The number of ether oxygens (including phenoxy) is 2. The number of nitrogens with two attached hydrogens (primary N) is 1. The number of esters is 2. The molecule has 8 rings (SSSR count). The molecule has 0 aliphatic heterocycles. The van der Waals surface area contributed by atoms with Gasteiger partial charge < -0.3 is 20.5 Å². The van der Waals surface area contributed by atoms with E-state index < -0.39 is 23.6 Å². The monoisotopic (exact) mass is 846 g/mol. The molecular weight excluding hydrogens is 797 g/mol. The summed E-state index contributed by atoms with van der Waals surface area (Å²) in [7, 11) is 0. The molecule has 2 atom stereocenters. The quantitative estimate of drug-likeness (QED) is 0.0604. The van der Waals surface area contributed by atoms with E-state index in [-0.39, 0.29) is 19.2 Å². The lowest BCUT2D eigenvalue weighted by molar-refractivity contribution is -0.147. The third-order valence-corrected chi connectivity index (χ3v) is 11.4. The summed E-state index contributed by atoms with van der Waals surface area (Å²) in [6.07, 6.45) is 1.29. The minimum absolute atomic E-state index is 0.156. The van der Waals surface area contributed by atoms with Crippen LogP contribution in [0.3, 0.4) is 0 Å². The van der Waals surface area contributed by atoms with Gasteiger partial charge in [-0.2, -0.15) is 0 Å². The second-order valence-electron chi connectivity index (χ2n) is 15.6. The molecule has 320 valence electrons. The molecule has 0 fully saturated rings. The summed E-state index contributed by atoms with van der Waals surface area (Å²) in [5.74, 6) is -0.232. The van der Waals surface area contributed by atoms with Gasteiger partial charge in [0, 0.05) is 12.1 Å². The topological polar surface area (TPSA) is 134 Å². The second kappa shape index (κ2) is 21.0. The van der Waals surface area contributed by atoms with Crippen LogP contribution in [-0.4, -0.2) is 44.2 Å². The van der Waals surface area contributed by atoms with Gasteiger partial charge in [0.05, 0.1) is 0 Å². The second-order valence-corrected chi connectivity index (χ2v) is 15.6. The Morgan fingerprint density at radius 2 is 1.02 bits per heavy atom. The molecule has 1 aromatic heterocycles. The van der Waals surface area contributed by atoms with Crippen LogP contribution in [-0.2, 0) is 44.4 Å². The molecule has 0 saturated carbocycles. The summed E-state index contributed by atoms with van der Waals surface area (Å²) >= 11 is 0. The summed E-state index contributed by atoms with van der Waals surface area (Å²) in [6.45, 7) is 0.720. The number of hydrogen-bond donors (Lipinski definition) is 2. The van der Waals surface area contributed by atoms with Crippen LogP contribution in [0.1, 0.15) is 52.6 Å². The SMILES string of the molecule is NC(CCCC(NCc1ccc(-c2ccccc2-c2nnnn2C(c2ccccc2)(c2ccccc2)c2ccccc2)cc1)C(=O)OCc1ccccc1)C(=O)OCc1ccccc1. The van der Waals surface area contributed by atoms with E-state index in [1.807, 2.05) is 132 Å². The molecule has 3 N–H and O–H groups in total. The first-order valence-electron chi connectivity index (χ1n) is 21.5. The molecule has 0 aliphatic rings. The van der Waals surface area contributed by atoms with Crippen LogP contribution in [0.5, 0.6) is 0 Å².